The van der Waals surface area contributed by atoms with Crippen LogP contribution in [0.15, 0.2) is 71.3 Å². The number of para-hydroxylation sites is 1. The lowest BCUT2D eigenvalue weighted by atomic mass is 10.1. The van der Waals surface area contributed by atoms with E-state index >= 15 is 0 Å². The molecule has 0 bridgehead atoms. The van der Waals surface area contributed by atoms with Crippen molar-refractivity contribution in [2.45, 2.75) is 0 Å². The average Bonchev–Trinajstić information content (AvgIpc) is 3.23. The second kappa shape index (κ2) is 6.96. The Hall–Kier alpha value is -4.00. The second-order valence-electron chi connectivity index (χ2n) is 6.06. The van der Waals surface area contributed by atoms with Crippen molar-refractivity contribution in [1.29, 1.82) is 0 Å². The summed E-state index contributed by atoms with van der Waals surface area (Å²) in [7, 11) is 0. The summed E-state index contributed by atoms with van der Waals surface area (Å²) in [6, 6.07) is 15.9. The maximum absolute atomic E-state index is 13.7. The molecule has 0 spiro atoms. The molecule has 2 amide bonds. The number of amides is 2. The number of hydrogen-bond donors (Lipinski definition) is 2. The zero-order chi connectivity index (χ0) is 19.7. The van der Waals surface area contributed by atoms with Crippen molar-refractivity contribution in [3.05, 3.63) is 83.9 Å². The van der Waals surface area contributed by atoms with Crippen LogP contribution in [-0.2, 0) is 0 Å². The van der Waals surface area contributed by atoms with Crippen LogP contribution in [0.1, 0.15) is 20.7 Å². The summed E-state index contributed by atoms with van der Waals surface area (Å²) < 4.78 is 19.1. The Morgan fingerprint density at radius 2 is 1.82 bits per heavy atom. The van der Waals surface area contributed by atoms with Crippen molar-refractivity contribution in [2.24, 2.45) is 5.73 Å². The summed E-state index contributed by atoms with van der Waals surface area (Å²) in [6.45, 7) is 0. The highest BCUT2D eigenvalue weighted by Gasteiger charge is 2.16. The van der Waals surface area contributed by atoms with E-state index in [2.05, 4.69) is 10.3 Å². The van der Waals surface area contributed by atoms with E-state index in [-0.39, 0.29) is 11.3 Å². The van der Waals surface area contributed by atoms with Gasteiger partial charge in [0.05, 0.1) is 22.9 Å². The van der Waals surface area contributed by atoms with Gasteiger partial charge in [-0.25, -0.2) is 9.37 Å². The van der Waals surface area contributed by atoms with Gasteiger partial charge in [-0.2, -0.15) is 0 Å². The second-order valence-corrected chi connectivity index (χ2v) is 6.06. The topological polar surface area (TPSA) is 98.2 Å². The predicted molar refractivity (Wildman–Crippen MR) is 102 cm³/mol. The SMILES string of the molecule is NC(=O)c1cc(NC(=O)c2cc(-c3ccco3)nc3ccccc23)ccc1F. The number of nitrogens with one attached hydrogen (secondary N) is 1. The summed E-state index contributed by atoms with van der Waals surface area (Å²) in [4.78, 5) is 28.8. The summed E-state index contributed by atoms with van der Waals surface area (Å²) in [5.41, 5.74) is 6.61. The molecule has 2 heterocycles. The van der Waals surface area contributed by atoms with E-state index in [9.17, 15) is 14.0 Å². The maximum Gasteiger partial charge on any atom is 0.256 e. The van der Waals surface area contributed by atoms with Crippen LogP contribution in [0.3, 0.4) is 0 Å². The van der Waals surface area contributed by atoms with Crippen molar-refractivity contribution >= 4 is 28.4 Å². The van der Waals surface area contributed by atoms with Crippen LogP contribution in [0.4, 0.5) is 10.1 Å². The number of carbonyl (C=O) groups is 2. The Kier molecular flexibility index (Phi) is 4.33. The van der Waals surface area contributed by atoms with Crippen LogP contribution < -0.4 is 11.1 Å². The molecule has 0 fully saturated rings. The van der Waals surface area contributed by atoms with Crippen LogP contribution in [0.25, 0.3) is 22.4 Å². The fourth-order valence-corrected chi connectivity index (χ4v) is 2.90. The third-order valence-electron chi connectivity index (χ3n) is 4.22. The number of benzene rings is 2. The molecule has 138 valence electrons. The normalized spacial score (nSPS) is 10.8. The number of primary amides is 1. The molecule has 7 heteroatoms. The minimum Gasteiger partial charge on any atom is -0.463 e. The van der Waals surface area contributed by atoms with Gasteiger partial charge >= 0.3 is 0 Å². The summed E-state index contributed by atoms with van der Waals surface area (Å²) in [6.07, 6.45) is 1.52. The molecular formula is C21H14FN3O3. The molecule has 0 aliphatic rings. The highest BCUT2D eigenvalue weighted by molar-refractivity contribution is 6.13. The Labute approximate surface area is 158 Å². The van der Waals surface area contributed by atoms with Gasteiger partial charge in [-0.15, -0.1) is 0 Å². The molecule has 0 aliphatic heterocycles. The number of rotatable bonds is 4. The summed E-state index contributed by atoms with van der Waals surface area (Å²) >= 11 is 0. The van der Waals surface area contributed by atoms with Gasteiger partial charge in [-0.3, -0.25) is 9.59 Å². The fourth-order valence-electron chi connectivity index (χ4n) is 2.90. The number of nitrogens with zero attached hydrogens (tertiary/aromatic N) is 1. The van der Waals surface area contributed by atoms with Crippen molar-refractivity contribution < 1.29 is 18.4 Å². The first-order valence-corrected chi connectivity index (χ1v) is 8.37. The standard InChI is InChI=1S/C21H14FN3O3/c22-16-8-7-12(10-15(16)20(23)26)24-21(27)14-11-18(19-6-3-9-28-19)25-17-5-2-1-4-13(14)17/h1-11H,(H2,23,26)(H,24,27). The lowest BCUT2D eigenvalue weighted by molar-refractivity contribution is 0.0992. The zero-order valence-electron chi connectivity index (χ0n) is 14.5. The fraction of sp³-hybridized carbons (Fsp3) is 0. The quantitative estimate of drug-likeness (QED) is 0.563. The Balaban J connectivity index is 1.77. The Bertz CT molecular complexity index is 1200. The average molecular weight is 375 g/mol. The third-order valence-corrected chi connectivity index (χ3v) is 4.22. The Morgan fingerprint density at radius 3 is 2.57 bits per heavy atom. The lowest BCUT2D eigenvalue weighted by Gasteiger charge is -2.10. The molecule has 6 nitrogen and oxygen atoms in total. The lowest BCUT2D eigenvalue weighted by Crippen LogP contribution is -2.16. The number of fused-ring (bicyclic) bond motifs is 1. The van der Waals surface area contributed by atoms with Gasteiger partial charge in [0.1, 0.15) is 11.5 Å². The van der Waals surface area contributed by atoms with Crippen molar-refractivity contribution in [3.8, 4) is 11.5 Å². The van der Waals surface area contributed by atoms with Gasteiger partial charge in [-0.1, -0.05) is 18.2 Å². The van der Waals surface area contributed by atoms with Crippen molar-refractivity contribution in [2.75, 3.05) is 5.32 Å². The minimum atomic E-state index is -0.914. The van der Waals surface area contributed by atoms with E-state index in [0.29, 0.717) is 27.9 Å². The molecule has 0 aliphatic carbocycles. The first kappa shape index (κ1) is 17.4. The van der Waals surface area contributed by atoms with Gasteiger partial charge in [-0.05, 0) is 42.5 Å². The number of anilines is 1. The first-order valence-electron chi connectivity index (χ1n) is 8.37. The monoisotopic (exact) mass is 375 g/mol. The molecule has 2 aromatic carbocycles. The minimum absolute atomic E-state index is 0.251. The number of aromatic nitrogens is 1. The van der Waals surface area contributed by atoms with E-state index < -0.39 is 17.6 Å². The molecule has 0 atom stereocenters. The van der Waals surface area contributed by atoms with Gasteiger partial charge in [0, 0.05) is 11.1 Å². The van der Waals surface area contributed by atoms with Gasteiger partial charge < -0.3 is 15.5 Å². The smallest absolute Gasteiger partial charge is 0.256 e. The number of hydrogen-bond acceptors (Lipinski definition) is 4. The van der Waals surface area contributed by atoms with Gasteiger partial charge in [0.2, 0.25) is 0 Å². The number of nitrogens with two attached hydrogens (primary N) is 1. The number of carbonyl (C=O) groups excluding carboxylic acids is 2. The van der Waals surface area contributed by atoms with Gasteiger partial charge in [0.15, 0.2) is 5.76 Å². The number of furan rings is 1. The largest absolute Gasteiger partial charge is 0.463 e. The van der Waals surface area contributed by atoms with Crippen LogP contribution in [0.2, 0.25) is 0 Å². The molecule has 0 saturated heterocycles. The molecule has 3 N–H and O–H groups in total. The molecule has 4 rings (SSSR count). The van der Waals surface area contributed by atoms with E-state index in [1.807, 2.05) is 6.07 Å². The Morgan fingerprint density at radius 1 is 1.00 bits per heavy atom. The molecule has 2 aromatic heterocycles. The predicted octanol–water partition coefficient (Wildman–Crippen LogP) is 3.99. The van der Waals surface area contributed by atoms with Crippen LogP contribution in [-0.4, -0.2) is 16.8 Å². The van der Waals surface area contributed by atoms with E-state index in [1.165, 1.54) is 18.4 Å². The van der Waals surface area contributed by atoms with E-state index in [1.54, 1.807) is 36.4 Å². The van der Waals surface area contributed by atoms with Crippen LogP contribution >= 0.6 is 0 Å². The summed E-state index contributed by atoms with van der Waals surface area (Å²) in [5, 5.41) is 3.32. The highest BCUT2D eigenvalue weighted by Crippen LogP contribution is 2.26. The van der Waals surface area contributed by atoms with E-state index in [4.69, 9.17) is 10.2 Å². The molecule has 0 radical (unpaired) electrons. The molecular weight excluding hydrogens is 361 g/mol. The van der Waals surface area contributed by atoms with Gasteiger partial charge in [0.25, 0.3) is 11.8 Å². The van der Waals surface area contributed by atoms with Crippen LogP contribution in [0, 0.1) is 5.82 Å². The molecule has 4 aromatic rings. The summed E-state index contributed by atoms with van der Waals surface area (Å²) in [5.74, 6) is -1.57. The zero-order valence-corrected chi connectivity index (χ0v) is 14.5. The maximum atomic E-state index is 13.7. The first-order chi connectivity index (χ1) is 13.5. The molecule has 0 saturated carbocycles. The molecule has 28 heavy (non-hydrogen) atoms. The molecule has 0 unspecified atom stereocenters. The number of pyridine rings is 1. The van der Waals surface area contributed by atoms with Crippen molar-refractivity contribution in [3.63, 3.8) is 0 Å². The number of halogens is 1. The van der Waals surface area contributed by atoms with Crippen LogP contribution in [0.5, 0.6) is 0 Å². The van der Waals surface area contributed by atoms with E-state index in [0.717, 1.165) is 6.07 Å². The highest BCUT2D eigenvalue weighted by atomic mass is 19.1. The van der Waals surface area contributed by atoms with Crippen molar-refractivity contribution in [1.82, 2.24) is 4.98 Å². The third kappa shape index (κ3) is 3.21.